The smallest absolute Gasteiger partial charge is 0.351 e. The zero-order valence-electron chi connectivity index (χ0n) is 11.2. The first-order valence-corrected chi connectivity index (χ1v) is 6.32. The molecule has 1 fully saturated rings. The third-order valence-electron chi connectivity index (χ3n) is 3.96. The van der Waals surface area contributed by atoms with Crippen LogP contribution < -0.4 is 11.4 Å². The highest BCUT2D eigenvalue weighted by molar-refractivity contribution is 5.23. The van der Waals surface area contributed by atoms with Gasteiger partial charge in [-0.2, -0.15) is 4.98 Å². The van der Waals surface area contributed by atoms with E-state index in [1.807, 2.05) is 0 Å². The molecule has 0 aromatic carbocycles. The van der Waals surface area contributed by atoms with Crippen LogP contribution in [0.2, 0.25) is 0 Å². The number of alkyl halides is 2. The van der Waals surface area contributed by atoms with Gasteiger partial charge in [-0.25, -0.2) is 13.6 Å². The van der Waals surface area contributed by atoms with Crippen LogP contribution in [0.4, 0.5) is 14.6 Å². The van der Waals surface area contributed by atoms with E-state index >= 15 is 0 Å². The first-order valence-electron chi connectivity index (χ1n) is 6.32. The minimum Gasteiger partial charge on any atom is -0.388 e. The minimum atomic E-state index is -2.76. The number of anilines is 1. The Morgan fingerprint density at radius 1 is 1.65 bits per heavy atom. The molecule has 1 aliphatic heterocycles. The Labute approximate surface area is 114 Å². The number of rotatable bonds is 3. The molecule has 2 rings (SSSR count). The van der Waals surface area contributed by atoms with E-state index in [9.17, 15) is 18.7 Å². The second-order valence-electron chi connectivity index (χ2n) is 4.94. The van der Waals surface area contributed by atoms with Crippen molar-refractivity contribution in [2.45, 2.75) is 44.6 Å². The second-order valence-corrected chi connectivity index (χ2v) is 4.94. The van der Waals surface area contributed by atoms with Gasteiger partial charge in [0, 0.05) is 12.1 Å². The molecule has 0 aliphatic carbocycles. The van der Waals surface area contributed by atoms with Crippen LogP contribution in [0.1, 0.15) is 26.5 Å². The molecule has 4 atom stereocenters. The number of nitrogens with two attached hydrogens (primary N) is 1. The number of nitrogen functional groups attached to an aromatic ring is 1. The van der Waals surface area contributed by atoms with Crippen molar-refractivity contribution in [3.8, 4) is 0 Å². The van der Waals surface area contributed by atoms with Crippen LogP contribution in [0.15, 0.2) is 17.1 Å². The van der Waals surface area contributed by atoms with Crippen LogP contribution in [0.3, 0.4) is 0 Å². The van der Waals surface area contributed by atoms with Gasteiger partial charge in [-0.15, -0.1) is 0 Å². The van der Waals surface area contributed by atoms with Gasteiger partial charge in [0.25, 0.3) is 6.43 Å². The Hall–Kier alpha value is -1.54. The molecule has 1 aromatic rings. The molecule has 0 bridgehead atoms. The number of ether oxygens (including phenoxy) is 1. The summed E-state index contributed by atoms with van der Waals surface area (Å²) in [7, 11) is 0. The van der Waals surface area contributed by atoms with Crippen LogP contribution in [0.25, 0.3) is 0 Å². The standard InChI is InChI=1S/C12H17F2N3O3/c1-3-12(10(13)14)6(2)8(18)9(20-12)17-5-4-7(15)16-11(17)19/h4-6,8-10,18H,3H2,1-2H3,(H2,15,16,19)/t6-,8-,9+,12+/m0/s1. The topological polar surface area (TPSA) is 90.4 Å². The van der Waals surface area contributed by atoms with Crippen molar-refractivity contribution in [1.82, 2.24) is 9.55 Å². The molecule has 20 heavy (non-hydrogen) atoms. The molecule has 3 N–H and O–H groups in total. The van der Waals surface area contributed by atoms with Gasteiger partial charge < -0.3 is 15.6 Å². The normalized spacial score (nSPS) is 33.8. The third-order valence-corrected chi connectivity index (χ3v) is 3.96. The van der Waals surface area contributed by atoms with E-state index in [0.717, 1.165) is 4.57 Å². The molecule has 112 valence electrons. The van der Waals surface area contributed by atoms with Crippen molar-refractivity contribution in [2.75, 3.05) is 5.73 Å². The molecule has 1 aliphatic rings. The summed E-state index contributed by atoms with van der Waals surface area (Å²) >= 11 is 0. The maximum atomic E-state index is 13.3. The van der Waals surface area contributed by atoms with Gasteiger partial charge >= 0.3 is 5.69 Å². The van der Waals surface area contributed by atoms with Crippen LogP contribution in [-0.2, 0) is 4.74 Å². The first-order chi connectivity index (χ1) is 9.33. The van der Waals surface area contributed by atoms with Gasteiger partial charge in [0.05, 0.1) is 0 Å². The quantitative estimate of drug-likeness (QED) is 0.857. The van der Waals surface area contributed by atoms with Gasteiger partial charge in [-0.3, -0.25) is 4.57 Å². The zero-order chi connectivity index (χ0) is 15.1. The summed E-state index contributed by atoms with van der Waals surface area (Å²) < 4.78 is 33.0. The maximum absolute atomic E-state index is 13.3. The SMILES string of the molecule is CC[C@@]1(C(F)F)O[C@@H](n2ccc(N)nc2=O)[C@@H](O)[C@@H]1C. The predicted octanol–water partition coefficient (Wildman–Crippen LogP) is 0.765. The van der Waals surface area contributed by atoms with Crippen LogP contribution in [-0.4, -0.2) is 32.8 Å². The summed E-state index contributed by atoms with van der Waals surface area (Å²) in [5.74, 6) is -0.802. The molecule has 6 nitrogen and oxygen atoms in total. The average molecular weight is 289 g/mol. The molecular weight excluding hydrogens is 272 g/mol. The summed E-state index contributed by atoms with van der Waals surface area (Å²) in [6, 6.07) is 1.34. The Morgan fingerprint density at radius 3 is 2.75 bits per heavy atom. The van der Waals surface area contributed by atoms with Crippen molar-refractivity contribution in [1.29, 1.82) is 0 Å². The molecule has 0 spiro atoms. The fraction of sp³-hybridized carbons (Fsp3) is 0.667. The third kappa shape index (κ3) is 2.08. The second kappa shape index (κ2) is 5.10. The maximum Gasteiger partial charge on any atom is 0.351 e. The van der Waals surface area contributed by atoms with Crippen molar-refractivity contribution >= 4 is 5.82 Å². The van der Waals surface area contributed by atoms with Crippen molar-refractivity contribution in [3.05, 3.63) is 22.7 Å². The minimum absolute atomic E-state index is 0.0161. The molecule has 8 heteroatoms. The van der Waals surface area contributed by atoms with Crippen LogP contribution in [0.5, 0.6) is 0 Å². The molecule has 1 aromatic heterocycles. The van der Waals surface area contributed by atoms with Crippen LogP contribution in [0, 0.1) is 5.92 Å². The highest BCUT2D eigenvalue weighted by Gasteiger charge is 2.57. The van der Waals surface area contributed by atoms with Gasteiger partial charge in [0.15, 0.2) is 6.23 Å². The van der Waals surface area contributed by atoms with E-state index < -0.39 is 36.0 Å². The van der Waals surface area contributed by atoms with E-state index in [1.165, 1.54) is 19.2 Å². The number of aliphatic hydroxyl groups excluding tert-OH is 1. The zero-order valence-corrected chi connectivity index (χ0v) is 11.2. The summed E-state index contributed by atoms with van der Waals surface area (Å²) in [6.07, 6.45) is -3.88. The molecule has 0 amide bonds. The average Bonchev–Trinajstić information content (AvgIpc) is 2.64. The number of halogens is 2. The van der Waals surface area contributed by atoms with E-state index in [0.29, 0.717) is 0 Å². The van der Waals surface area contributed by atoms with Gasteiger partial charge in [0.1, 0.15) is 17.5 Å². The van der Waals surface area contributed by atoms with Gasteiger partial charge in [-0.1, -0.05) is 13.8 Å². The number of nitrogens with zero attached hydrogens (tertiary/aromatic N) is 2. The lowest BCUT2D eigenvalue weighted by Gasteiger charge is -2.30. The fourth-order valence-electron chi connectivity index (χ4n) is 2.59. The summed E-state index contributed by atoms with van der Waals surface area (Å²) in [5.41, 5.74) is 2.85. The summed E-state index contributed by atoms with van der Waals surface area (Å²) in [4.78, 5) is 15.2. The van der Waals surface area contributed by atoms with Crippen molar-refractivity contribution in [2.24, 2.45) is 5.92 Å². The monoisotopic (exact) mass is 289 g/mol. The lowest BCUT2D eigenvalue weighted by atomic mass is 9.85. The predicted molar refractivity (Wildman–Crippen MR) is 67.2 cm³/mol. The largest absolute Gasteiger partial charge is 0.388 e. The van der Waals surface area contributed by atoms with E-state index in [2.05, 4.69) is 4.98 Å². The van der Waals surface area contributed by atoms with Crippen molar-refractivity contribution in [3.63, 3.8) is 0 Å². The summed E-state index contributed by atoms with van der Waals surface area (Å²) in [5, 5.41) is 10.1. The van der Waals surface area contributed by atoms with Crippen molar-refractivity contribution < 1.29 is 18.6 Å². The van der Waals surface area contributed by atoms with Crippen LogP contribution >= 0.6 is 0 Å². The highest BCUT2D eigenvalue weighted by Crippen LogP contribution is 2.46. The van der Waals surface area contributed by atoms with E-state index in [1.54, 1.807) is 6.92 Å². The molecular formula is C12H17F2N3O3. The van der Waals surface area contributed by atoms with E-state index in [-0.39, 0.29) is 12.2 Å². The lowest BCUT2D eigenvalue weighted by molar-refractivity contribution is -0.166. The Morgan fingerprint density at radius 2 is 2.30 bits per heavy atom. The molecule has 1 saturated heterocycles. The molecule has 0 saturated carbocycles. The number of aliphatic hydroxyl groups is 1. The Kier molecular flexibility index (Phi) is 3.79. The molecule has 0 radical (unpaired) electrons. The molecule has 2 heterocycles. The first kappa shape index (κ1) is 14.9. The fourth-order valence-corrected chi connectivity index (χ4v) is 2.59. The summed E-state index contributed by atoms with van der Waals surface area (Å²) in [6.45, 7) is 3.04. The Balaban J connectivity index is 2.42. The van der Waals surface area contributed by atoms with Gasteiger partial charge in [-0.05, 0) is 12.5 Å². The Bertz CT molecular complexity index is 551. The highest BCUT2D eigenvalue weighted by atomic mass is 19.3. The lowest BCUT2D eigenvalue weighted by Crippen LogP contribution is -2.43. The van der Waals surface area contributed by atoms with Gasteiger partial charge in [0.2, 0.25) is 0 Å². The van der Waals surface area contributed by atoms with E-state index in [4.69, 9.17) is 10.5 Å². The molecule has 0 unspecified atom stereocenters. The number of hydrogen-bond donors (Lipinski definition) is 2. The number of aromatic nitrogens is 2. The number of hydrogen-bond acceptors (Lipinski definition) is 5.